The molecule has 1 fully saturated rings. The summed E-state index contributed by atoms with van der Waals surface area (Å²) in [5.41, 5.74) is 0.887. The van der Waals surface area contributed by atoms with Gasteiger partial charge in [0.15, 0.2) is 0 Å². The smallest absolute Gasteiger partial charge is 0.262 e. The summed E-state index contributed by atoms with van der Waals surface area (Å²) in [5.74, 6) is -3.17. The van der Waals surface area contributed by atoms with Gasteiger partial charge < -0.3 is 5.32 Å². The van der Waals surface area contributed by atoms with Crippen LogP contribution in [0.3, 0.4) is 0 Å². The molecule has 1 aliphatic rings. The van der Waals surface area contributed by atoms with Crippen molar-refractivity contribution in [3.05, 3.63) is 30.1 Å². The molecule has 0 spiro atoms. The molecule has 2 heterocycles. The van der Waals surface area contributed by atoms with Gasteiger partial charge in [-0.3, -0.25) is 15.1 Å². The quantitative estimate of drug-likeness (QED) is 0.890. The molecule has 1 amide bonds. The van der Waals surface area contributed by atoms with Gasteiger partial charge in [-0.1, -0.05) is 0 Å². The third kappa shape index (κ3) is 5.26. The molecule has 0 aliphatic carbocycles. The molecule has 0 bridgehead atoms. The first kappa shape index (κ1) is 18.0. The van der Waals surface area contributed by atoms with E-state index in [1.807, 2.05) is 0 Å². The molecular weight excluding hydrogens is 299 g/mol. The first-order valence-corrected chi connectivity index (χ1v) is 5.35. The minimum atomic E-state index is -2.78. The molecule has 0 radical (unpaired) electrons. The van der Waals surface area contributed by atoms with Crippen molar-refractivity contribution < 1.29 is 13.6 Å². The largest absolute Gasteiger partial charge is 0.351 e. The monoisotopic (exact) mass is 313 g/mol. The molecule has 108 valence electrons. The van der Waals surface area contributed by atoms with Crippen molar-refractivity contribution in [1.29, 1.82) is 0 Å². The Balaban J connectivity index is 0.00000162. The molecule has 19 heavy (non-hydrogen) atoms. The Bertz CT molecular complexity index is 406. The van der Waals surface area contributed by atoms with Crippen LogP contribution in [0.5, 0.6) is 0 Å². The fraction of sp³-hybridized carbons (Fsp3) is 0.455. The van der Waals surface area contributed by atoms with E-state index in [1.54, 1.807) is 24.5 Å². The van der Waals surface area contributed by atoms with Crippen molar-refractivity contribution in [3.63, 3.8) is 0 Å². The lowest BCUT2D eigenvalue weighted by molar-refractivity contribution is -0.123. The van der Waals surface area contributed by atoms with Crippen LogP contribution in [-0.2, 0) is 11.3 Å². The Hall–Kier alpha value is -0.980. The van der Waals surface area contributed by atoms with Crippen LogP contribution in [0.25, 0.3) is 0 Å². The Labute approximate surface area is 122 Å². The number of rotatable bonds is 3. The summed E-state index contributed by atoms with van der Waals surface area (Å²) in [7, 11) is 0. The number of pyridine rings is 1. The maximum atomic E-state index is 12.9. The molecule has 1 aliphatic heterocycles. The molecular formula is C11H15Cl2F2N3O. The maximum Gasteiger partial charge on any atom is 0.262 e. The van der Waals surface area contributed by atoms with Crippen molar-refractivity contribution in [2.75, 3.05) is 6.54 Å². The zero-order valence-corrected chi connectivity index (χ0v) is 11.6. The summed E-state index contributed by atoms with van der Waals surface area (Å²) in [4.78, 5) is 15.4. The molecule has 4 nitrogen and oxygen atoms in total. The minimum absolute atomic E-state index is 0. The van der Waals surface area contributed by atoms with E-state index < -0.39 is 24.9 Å². The van der Waals surface area contributed by atoms with Gasteiger partial charge in [-0.15, -0.1) is 24.8 Å². The van der Waals surface area contributed by atoms with Crippen molar-refractivity contribution in [2.24, 2.45) is 0 Å². The number of alkyl halides is 2. The molecule has 2 rings (SSSR count). The molecule has 1 saturated heterocycles. The number of aromatic nitrogens is 1. The molecule has 1 aromatic heterocycles. The number of amides is 1. The van der Waals surface area contributed by atoms with Gasteiger partial charge in [0.25, 0.3) is 5.92 Å². The summed E-state index contributed by atoms with van der Waals surface area (Å²) in [6.45, 7) is -0.106. The van der Waals surface area contributed by atoms with Crippen LogP contribution in [0.15, 0.2) is 24.5 Å². The van der Waals surface area contributed by atoms with Gasteiger partial charge in [0.1, 0.15) is 0 Å². The first-order chi connectivity index (χ1) is 8.07. The first-order valence-electron chi connectivity index (χ1n) is 5.35. The second-order valence-corrected chi connectivity index (χ2v) is 4.07. The molecule has 0 saturated carbocycles. The molecule has 0 aromatic carbocycles. The summed E-state index contributed by atoms with van der Waals surface area (Å²) in [5, 5.41) is 5.12. The lowest BCUT2D eigenvalue weighted by atomic mass is 10.2. The van der Waals surface area contributed by atoms with E-state index in [9.17, 15) is 13.6 Å². The van der Waals surface area contributed by atoms with Gasteiger partial charge in [-0.2, -0.15) is 0 Å². The predicted octanol–water partition coefficient (Wildman–Crippen LogP) is 1.54. The molecule has 1 unspecified atom stereocenters. The van der Waals surface area contributed by atoms with Crippen molar-refractivity contribution in [3.8, 4) is 0 Å². The van der Waals surface area contributed by atoms with Crippen LogP contribution < -0.4 is 10.6 Å². The van der Waals surface area contributed by atoms with E-state index in [1.165, 1.54) is 0 Å². The Morgan fingerprint density at radius 3 is 2.58 bits per heavy atom. The van der Waals surface area contributed by atoms with Gasteiger partial charge in [-0.05, 0) is 17.7 Å². The third-order valence-corrected chi connectivity index (χ3v) is 2.64. The van der Waals surface area contributed by atoms with Crippen LogP contribution in [0.2, 0.25) is 0 Å². The van der Waals surface area contributed by atoms with Crippen molar-refractivity contribution >= 4 is 30.7 Å². The van der Waals surface area contributed by atoms with Crippen molar-refractivity contribution in [2.45, 2.75) is 24.9 Å². The number of nitrogens with one attached hydrogen (secondary N) is 2. The molecule has 1 atom stereocenters. The van der Waals surface area contributed by atoms with Crippen LogP contribution in [0.4, 0.5) is 8.78 Å². The van der Waals surface area contributed by atoms with Gasteiger partial charge in [0.05, 0.1) is 12.6 Å². The lowest BCUT2D eigenvalue weighted by Gasteiger charge is -2.11. The standard InChI is InChI=1S/C11H13F2N3O.2ClH/c12-11(13)5-9(16-7-11)10(17)15-6-8-1-3-14-4-2-8;;/h1-4,9,16H,5-7H2,(H,15,17);2*1H. The zero-order chi connectivity index (χ0) is 12.3. The van der Waals surface area contributed by atoms with Crippen LogP contribution in [-0.4, -0.2) is 29.4 Å². The summed E-state index contributed by atoms with van der Waals surface area (Å²) < 4.78 is 25.7. The number of nitrogens with zero attached hydrogens (tertiary/aromatic N) is 1. The average Bonchev–Trinajstić information content (AvgIpc) is 2.68. The highest BCUT2D eigenvalue weighted by Gasteiger charge is 2.42. The van der Waals surface area contributed by atoms with E-state index >= 15 is 0 Å². The fourth-order valence-corrected chi connectivity index (χ4v) is 1.71. The van der Waals surface area contributed by atoms with Gasteiger partial charge in [-0.25, -0.2) is 8.78 Å². The van der Waals surface area contributed by atoms with Crippen molar-refractivity contribution in [1.82, 2.24) is 15.6 Å². The second-order valence-electron chi connectivity index (χ2n) is 4.07. The molecule has 1 aromatic rings. The maximum absolute atomic E-state index is 12.9. The van der Waals surface area contributed by atoms with Gasteiger partial charge in [0.2, 0.25) is 5.91 Å². The van der Waals surface area contributed by atoms with Gasteiger partial charge >= 0.3 is 0 Å². The predicted molar refractivity (Wildman–Crippen MR) is 71.9 cm³/mol. The topological polar surface area (TPSA) is 54.0 Å². The minimum Gasteiger partial charge on any atom is -0.351 e. The summed E-state index contributed by atoms with van der Waals surface area (Å²) >= 11 is 0. The van der Waals surface area contributed by atoms with E-state index in [-0.39, 0.29) is 30.7 Å². The highest BCUT2D eigenvalue weighted by Crippen LogP contribution is 2.24. The zero-order valence-electron chi connectivity index (χ0n) is 9.94. The van der Waals surface area contributed by atoms with E-state index in [0.29, 0.717) is 6.54 Å². The Morgan fingerprint density at radius 1 is 1.42 bits per heavy atom. The Morgan fingerprint density at radius 2 is 2.05 bits per heavy atom. The van der Waals surface area contributed by atoms with E-state index in [0.717, 1.165) is 5.56 Å². The molecule has 2 N–H and O–H groups in total. The van der Waals surface area contributed by atoms with E-state index in [2.05, 4.69) is 15.6 Å². The fourth-order valence-electron chi connectivity index (χ4n) is 1.71. The SMILES string of the molecule is Cl.Cl.O=C(NCc1ccncc1)C1CC(F)(F)CN1. The number of carbonyl (C=O) groups is 1. The average molecular weight is 314 g/mol. The van der Waals surface area contributed by atoms with E-state index in [4.69, 9.17) is 0 Å². The Kier molecular flexibility index (Phi) is 7.18. The number of hydrogen-bond acceptors (Lipinski definition) is 3. The summed E-state index contributed by atoms with van der Waals surface area (Å²) in [6, 6.07) is 2.72. The number of carbonyl (C=O) groups excluding carboxylic acids is 1. The second kappa shape index (κ2) is 7.57. The molecule has 8 heteroatoms. The third-order valence-electron chi connectivity index (χ3n) is 2.64. The highest BCUT2D eigenvalue weighted by atomic mass is 35.5. The van der Waals surface area contributed by atoms with Crippen LogP contribution in [0.1, 0.15) is 12.0 Å². The van der Waals surface area contributed by atoms with Crippen LogP contribution >= 0.6 is 24.8 Å². The highest BCUT2D eigenvalue weighted by molar-refractivity contribution is 5.85. The van der Waals surface area contributed by atoms with Gasteiger partial charge in [0, 0.05) is 25.4 Å². The summed E-state index contributed by atoms with van der Waals surface area (Å²) in [6.07, 6.45) is 2.79. The normalized spacial score (nSPS) is 20.0. The lowest BCUT2D eigenvalue weighted by Crippen LogP contribution is -2.40. The number of hydrogen-bond donors (Lipinski definition) is 2. The van der Waals surface area contributed by atoms with Crippen LogP contribution in [0, 0.1) is 0 Å². The number of halogens is 4.